The van der Waals surface area contributed by atoms with Crippen molar-refractivity contribution in [1.82, 2.24) is 15.2 Å². The fourth-order valence-electron chi connectivity index (χ4n) is 2.50. The number of halogens is 1. The van der Waals surface area contributed by atoms with Gasteiger partial charge in [-0.15, -0.1) is 24.0 Å². The Hall–Kier alpha value is -1.38. The van der Waals surface area contributed by atoms with Crippen LogP contribution in [0.15, 0.2) is 29.5 Å². The van der Waals surface area contributed by atoms with Gasteiger partial charge >= 0.3 is 0 Å². The first-order chi connectivity index (χ1) is 10.3. The molecule has 2 rings (SSSR count). The number of nitrogens with zero attached hydrogens (tertiary/aromatic N) is 3. The van der Waals surface area contributed by atoms with Gasteiger partial charge in [0, 0.05) is 30.7 Å². The van der Waals surface area contributed by atoms with E-state index in [9.17, 15) is 4.79 Å². The highest BCUT2D eigenvalue weighted by Gasteiger charge is 2.53. The van der Waals surface area contributed by atoms with Crippen LogP contribution in [0.2, 0.25) is 0 Å². The number of pyridine rings is 1. The Labute approximate surface area is 155 Å². The Morgan fingerprint density at radius 1 is 1.39 bits per heavy atom. The average molecular weight is 431 g/mol. The first-order valence-corrected chi connectivity index (χ1v) is 7.46. The molecule has 0 aromatic carbocycles. The fraction of sp³-hybridized carbons (Fsp3) is 0.562. The van der Waals surface area contributed by atoms with E-state index >= 15 is 0 Å². The summed E-state index contributed by atoms with van der Waals surface area (Å²) in [6.07, 6.45) is 3.29. The van der Waals surface area contributed by atoms with Crippen LogP contribution in [0, 0.1) is 5.41 Å². The number of anilines is 1. The van der Waals surface area contributed by atoms with Crippen molar-refractivity contribution in [2.45, 2.75) is 33.2 Å². The minimum absolute atomic E-state index is 0. The van der Waals surface area contributed by atoms with Crippen molar-refractivity contribution in [2.75, 3.05) is 25.5 Å². The van der Waals surface area contributed by atoms with Crippen LogP contribution in [0.4, 0.5) is 5.69 Å². The fourth-order valence-corrected chi connectivity index (χ4v) is 2.50. The number of hydrogen-bond acceptors (Lipinski definition) is 3. The minimum Gasteiger partial charge on any atom is -0.347 e. The van der Waals surface area contributed by atoms with Gasteiger partial charge in [-0.25, -0.2) is 0 Å². The van der Waals surface area contributed by atoms with Gasteiger partial charge in [-0.05, 0) is 26.0 Å². The maximum Gasteiger partial charge on any atom is 0.243 e. The van der Waals surface area contributed by atoms with Gasteiger partial charge < -0.3 is 15.5 Å². The summed E-state index contributed by atoms with van der Waals surface area (Å²) in [5.74, 6) is 0.636. The molecule has 1 amide bonds. The lowest BCUT2D eigenvalue weighted by molar-refractivity contribution is -0.115. The van der Waals surface area contributed by atoms with Gasteiger partial charge in [0.15, 0.2) is 5.96 Å². The number of aromatic nitrogens is 1. The van der Waals surface area contributed by atoms with Crippen LogP contribution in [-0.2, 0) is 4.79 Å². The molecule has 7 heteroatoms. The molecule has 2 N–H and O–H groups in total. The zero-order valence-electron chi connectivity index (χ0n) is 14.4. The van der Waals surface area contributed by atoms with Crippen molar-refractivity contribution in [3.63, 3.8) is 0 Å². The Morgan fingerprint density at radius 2 is 2.09 bits per heavy atom. The van der Waals surface area contributed by atoms with Gasteiger partial charge in [0.25, 0.3) is 0 Å². The standard InChI is InChI=1S/C16H25N5O.HI/c1-15(2)11-21(16(15,3)4)14(17-5)19-10-13(22)20-12-7-6-8-18-9-12;/h6-9H,10-11H2,1-5H3,(H,17,19)(H,20,22);1H. The summed E-state index contributed by atoms with van der Waals surface area (Å²) in [5.41, 5.74) is 0.923. The van der Waals surface area contributed by atoms with Crippen molar-refractivity contribution in [3.05, 3.63) is 24.5 Å². The Balaban J connectivity index is 0.00000264. The van der Waals surface area contributed by atoms with E-state index in [-0.39, 0.29) is 47.4 Å². The minimum atomic E-state index is -0.119. The molecule has 1 aromatic heterocycles. The van der Waals surface area contributed by atoms with Crippen molar-refractivity contribution in [2.24, 2.45) is 10.4 Å². The largest absolute Gasteiger partial charge is 0.347 e. The molecule has 1 fully saturated rings. The molecule has 1 aliphatic rings. The number of amides is 1. The summed E-state index contributed by atoms with van der Waals surface area (Å²) in [6.45, 7) is 9.97. The van der Waals surface area contributed by atoms with Crippen molar-refractivity contribution >= 4 is 41.5 Å². The molecule has 1 aliphatic heterocycles. The zero-order valence-corrected chi connectivity index (χ0v) is 16.7. The van der Waals surface area contributed by atoms with Gasteiger partial charge in [-0.3, -0.25) is 14.8 Å². The summed E-state index contributed by atoms with van der Waals surface area (Å²) in [6, 6.07) is 3.59. The van der Waals surface area contributed by atoms with E-state index in [1.54, 1.807) is 31.6 Å². The normalized spacial score (nSPS) is 18.5. The lowest BCUT2D eigenvalue weighted by Gasteiger charge is -2.62. The van der Waals surface area contributed by atoms with E-state index < -0.39 is 0 Å². The Morgan fingerprint density at radius 3 is 2.57 bits per heavy atom. The van der Waals surface area contributed by atoms with Gasteiger partial charge in [0.05, 0.1) is 18.4 Å². The quantitative estimate of drug-likeness (QED) is 0.438. The SMILES string of the molecule is CN=C(NCC(=O)Nc1cccnc1)N1CC(C)(C)C1(C)C.I. The number of rotatable bonds is 3. The van der Waals surface area contributed by atoms with E-state index in [0.29, 0.717) is 5.69 Å². The van der Waals surface area contributed by atoms with Crippen LogP contribution >= 0.6 is 24.0 Å². The first-order valence-electron chi connectivity index (χ1n) is 7.46. The summed E-state index contributed by atoms with van der Waals surface area (Å²) >= 11 is 0. The lowest BCUT2D eigenvalue weighted by atomic mass is 9.65. The number of likely N-dealkylation sites (tertiary alicyclic amines) is 1. The maximum absolute atomic E-state index is 12.0. The second kappa shape index (κ2) is 7.46. The molecule has 0 radical (unpaired) electrons. The highest BCUT2D eigenvalue weighted by Crippen LogP contribution is 2.46. The zero-order chi connectivity index (χ0) is 16.4. The van der Waals surface area contributed by atoms with Gasteiger partial charge in [0.1, 0.15) is 0 Å². The second-order valence-corrected chi connectivity index (χ2v) is 6.72. The van der Waals surface area contributed by atoms with Gasteiger partial charge in [0.2, 0.25) is 5.91 Å². The molecular formula is C16H26IN5O. The molecule has 2 heterocycles. The predicted octanol–water partition coefficient (Wildman–Crippen LogP) is 2.33. The smallest absolute Gasteiger partial charge is 0.243 e. The molecule has 0 unspecified atom stereocenters. The van der Waals surface area contributed by atoms with Crippen LogP contribution in [0.25, 0.3) is 0 Å². The van der Waals surface area contributed by atoms with Crippen LogP contribution < -0.4 is 10.6 Å². The molecule has 6 nitrogen and oxygen atoms in total. The molecule has 23 heavy (non-hydrogen) atoms. The third-order valence-corrected chi connectivity index (χ3v) is 4.70. The van der Waals surface area contributed by atoms with E-state index in [1.807, 2.05) is 0 Å². The Bertz CT molecular complexity index is 571. The van der Waals surface area contributed by atoms with Crippen molar-refractivity contribution in [3.8, 4) is 0 Å². The van der Waals surface area contributed by atoms with Crippen LogP contribution in [-0.4, -0.2) is 47.4 Å². The van der Waals surface area contributed by atoms with Crippen LogP contribution in [0.3, 0.4) is 0 Å². The molecule has 0 aliphatic carbocycles. The highest BCUT2D eigenvalue weighted by molar-refractivity contribution is 14.0. The lowest BCUT2D eigenvalue weighted by Crippen LogP contribution is -2.72. The van der Waals surface area contributed by atoms with E-state index in [1.165, 1.54) is 0 Å². The summed E-state index contributed by atoms with van der Waals surface area (Å²) in [5, 5.41) is 5.92. The summed E-state index contributed by atoms with van der Waals surface area (Å²) in [7, 11) is 1.74. The molecule has 1 aromatic rings. The summed E-state index contributed by atoms with van der Waals surface area (Å²) < 4.78 is 0. The van der Waals surface area contributed by atoms with Crippen LogP contribution in [0.1, 0.15) is 27.7 Å². The van der Waals surface area contributed by atoms with Gasteiger partial charge in [-0.1, -0.05) is 13.8 Å². The number of aliphatic imine (C=N–C) groups is 1. The number of carbonyl (C=O) groups excluding carboxylic acids is 1. The van der Waals surface area contributed by atoms with Crippen molar-refractivity contribution < 1.29 is 4.79 Å². The predicted molar refractivity (Wildman–Crippen MR) is 104 cm³/mol. The average Bonchev–Trinajstić information content (AvgIpc) is 2.47. The highest BCUT2D eigenvalue weighted by atomic mass is 127. The van der Waals surface area contributed by atoms with Crippen molar-refractivity contribution in [1.29, 1.82) is 0 Å². The molecule has 0 saturated carbocycles. The van der Waals surface area contributed by atoms with E-state index in [2.05, 4.69) is 53.2 Å². The first kappa shape index (κ1) is 19.7. The Kier molecular flexibility index (Phi) is 6.38. The number of hydrogen-bond donors (Lipinski definition) is 2. The van der Waals surface area contributed by atoms with E-state index in [4.69, 9.17) is 0 Å². The maximum atomic E-state index is 12.0. The number of nitrogens with one attached hydrogen (secondary N) is 2. The van der Waals surface area contributed by atoms with Gasteiger partial charge in [-0.2, -0.15) is 0 Å². The molecule has 0 atom stereocenters. The topological polar surface area (TPSA) is 69.6 Å². The third-order valence-electron chi connectivity index (χ3n) is 4.70. The summed E-state index contributed by atoms with van der Waals surface area (Å²) in [4.78, 5) is 22.4. The molecular weight excluding hydrogens is 405 g/mol. The second-order valence-electron chi connectivity index (χ2n) is 6.72. The number of carbonyl (C=O) groups is 1. The third kappa shape index (κ3) is 4.13. The molecule has 0 spiro atoms. The number of guanidine groups is 1. The molecule has 1 saturated heterocycles. The monoisotopic (exact) mass is 431 g/mol. The molecule has 0 bridgehead atoms. The van der Waals surface area contributed by atoms with Crippen LogP contribution in [0.5, 0.6) is 0 Å². The molecule has 128 valence electrons. The van der Waals surface area contributed by atoms with E-state index in [0.717, 1.165) is 12.5 Å².